The number of para-hydroxylation sites is 2. The number of carbonyl (C=O) groups is 1. The first kappa shape index (κ1) is 21.3. The largest absolute Gasteiger partial charge is 0.362 e. The normalized spacial score (nSPS) is 14.0. The number of halogens is 1. The second-order valence-electron chi connectivity index (χ2n) is 7.33. The van der Waals surface area contributed by atoms with Crippen molar-refractivity contribution in [2.24, 2.45) is 0 Å². The van der Waals surface area contributed by atoms with E-state index in [1.807, 2.05) is 34.5 Å². The predicted octanol–water partition coefficient (Wildman–Crippen LogP) is 4.19. The van der Waals surface area contributed by atoms with Gasteiger partial charge in [0.1, 0.15) is 5.69 Å². The van der Waals surface area contributed by atoms with Crippen LogP contribution in [0.25, 0.3) is 0 Å². The maximum atomic E-state index is 12.7. The molecule has 0 saturated carbocycles. The minimum absolute atomic E-state index is 0.0295. The number of carbonyl (C=O) groups excluding carboxylic acids is 1. The summed E-state index contributed by atoms with van der Waals surface area (Å²) in [6.07, 6.45) is 0.950. The molecule has 0 bridgehead atoms. The van der Waals surface area contributed by atoms with Gasteiger partial charge in [0.05, 0.1) is 22.0 Å². The van der Waals surface area contributed by atoms with E-state index in [1.54, 1.807) is 34.4 Å². The first-order chi connectivity index (χ1) is 15.0. The van der Waals surface area contributed by atoms with Crippen LogP contribution < -0.4 is 4.90 Å². The molecule has 0 atom stereocenters. The smallest absolute Gasteiger partial charge is 0.292 e. The second-order valence-corrected chi connectivity index (χ2v) is 8.71. The molecule has 160 valence electrons. The number of anilines is 1. The first-order valence-corrected chi connectivity index (χ1v) is 11.2. The van der Waals surface area contributed by atoms with E-state index in [4.69, 9.17) is 11.6 Å². The van der Waals surface area contributed by atoms with Crippen LogP contribution in [0.1, 0.15) is 16.3 Å². The van der Waals surface area contributed by atoms with Gasteiger partial charge in [0.2, 0.25) is 5.91 Å². The Bertz CT molecular complexity index is 1100. The number of rotatable bonds is 6. The maximum Gasteiger partial charge on any atom is 0.292 e. The Kier molecular flexibility index (Phi) is 6.48. The van der Waals surface area contributed by atoms with Crippen molar-refractivity contribution in [2.75, 3.05) is 31.1 Å². The summed E-state index contributed by atoms with van der Waals surface area (Å²) in [4.78, 5) is 32.0. The fourth-order valence-electron chi connectivity index (χ4n) is 3.68. The van der Waals surface area contributed by atoms with Crippen LogP contribution in [0.5, 0.6) is 0 Å². The van der Waals surface area contributed by atoms with Crippen LogP contribution in [-0.4, -0.2) is 46.9 Å². The molecule has 31 heavy (non-hydrogen) atoms. The summed E-state index contributed by atoms with van der Waals surface area (Å²) < 4.78 is 0. The summed E-state index contributed by atoms with van der Waals surface area (Å²) in [6.45, 7) is 2.19. The summed E-state index contributed by atoms with van der Waals surface area (Å²) in [7, 11) is 0. The lowest BCUT2D eigenvalue weighted by molar-refractivity contribution is -0.384. The minimum atomic E-state index is -0.365. The van der Waals surface area contributed by atoms with Crippen LogP contribution in [0.3, 0.4) is 0 Å². The molecule has 1 aliphatic heterocycles. The van der Waals surface area contributed by atoms with Crippen molar-refractivity contribution in [3.63, 3.8) is 0 Å². The number of benzene rings is 2. The SMILES string of the molecule is O=C(Cc1csc(Cc2cccc(Cl)c2)n1)N1CCN(c2ccccc2[N+](=O)[O-])CC1. The van der Waals surface area contributed by atoms with E-state index in [0.29, 0.717) is 43.3 Å². The van der Waals surface area contributed by atoms with Gasteiger partial charge in [0, 0.05) is 49.1 Å². The Labute approximate surface area is 189 Å². The number of nitrogens with zero attached hydrogens (tertiary/aromatic N) is 4. The molecule has 1 amide bonds. The van der Waals surface area contributed by atoms with Crippen LogP contribution in [0.15, 0.2) is 53.9 Å². The Hall–Kier alpha value is -2.97. The molecule has 0 spiro atoms. The van der Waals surface area contributed by atoms with Gasteiger partial charge in [-0.15, -0.1) is 11.3 Å². The number of thiazole rings is 1. The number of amides is 1. The average Bonchev–Trinajstić information content (AvgIpc) is 3.20. The van der Waals surface area contributed by atoms with Crippen molar-refractivity contribution < 1.29 is 9.72 Å². The third-order valence-electron chi connectivity index (χ3n) is 5.23. The zero-order valence-electron chi connectivity index (χ0n) is 16.7. The summed E-state index contributed by atoms with van der Waals surface area (Å²) in [5, 5.41) is 14.9. The molecule has 1 saturated heterocycles. The standard InChI is InChI=1S/C22H21ClN4O3S/c23-17-5-3-4-16(12-17)13-21-24-18(15-31-21)14-22(28)26-10-8-25(9-11-26)19-6-1-2-7-20(19)27(29)30/h1-7,12,15H,8-11,13-14H2. The van der Waals surface area contributed by atoms with E-state index in [1.165, 1.54) is 6.07 Å². The quantitative estimate of drug-likeness (QED) is 0.410. The van der Waals surface area contributed by atoms with Gasteiger partial charge in [-0.25, -0.2) is 4.98 Å². The molecule has 1 aromatic heterocycles. The van der Waals surface area contributed by atoms with Gasteiger partial charge in [0.15, 0.2) is 0 Å². The van der Waals surface area contributed by atoms with Gasteiger partial charge in [-0.3, -0.25) is 14.9 Å². The highest BCUT2D eigenvalue weighted by atomic mass is 35.5. The van der Waals surface area contributed by atoms with Crippen molar-refractivity contribution >= 4 is 40.2 Å². The molecule has 0 N–H and O–H groups in total. The van der Waals surface area contributed by atoms with Gasteiger partial charge in [0.25, 0.3) is 5.69 Å². The van der Waals surface area contributed by atoms with Gasteiger partial charge in [-0.1, -0.05) is 35.9 Å². The van der Waals surface area contributed by atoms with Crippen LogP contribution in [-0.2, 0) is 17.6 Å². The number of hydrogen-bond acceptors (Lipinski definition) is 6. The van der Waals surface area contributed by atoms with Crippen molar-refractivity contribution in [2.45, 2.75) is 12.8 Å². The predicted molar refractivity (Wildman–Crippen MR) is 122 cm³/mol. The Morgan fingerprint density at radius 3 is 2.65 bits per heavy atom. The van der Waals surface area contributed by atoms with Crippen molar-refractivity contribution in [1.29, 1.82) is 0 Å². The van der Waals surface area contributed by atoms with Gasteiger partial charge < -0.3 is 9.80 Å². The molecule has 0 unspecified atom stereocenters. The highest BCUT2D eigenvalue weighted by Gasteiger charge is 2.25. The van der Waals surface area contributed by atoms with Crippen LogP contribution in [0.4, 0.5) is 11.4 Å². The summed E-state index contributed by atoms with van der Waals surface area (Å²) in [5.41, 5.74) is 2.56. The lowest BCUT2D eigenvalue weighted by atomic mass is 10.1. The lowest BCUT2D eigenvalue weighted by Crippen LogP contribution is -2.49. The van der Waals surface area contributed by atoms with Crippen molar-refractivity contribution in [3.8, 4) is 0 Å². The highest BCUT2D eigenvalue weighted by molar-refractivity contribution is 7.09. The molecule has 1 fully saturated rings. The van der Waals surface area contributed by atoms with E-state index in [-0.39, 0.29) is 22.9 Å². The number of hydrogen-bond donors (Lipinski definition) is 0. The van der Waals surface area contributed by atoms with Gasteiger partial charge in [-0.2, -0.15) is 0 Å². The third kappa shape index (κ3) is 5.21. The highest BCUT2D eigenvalue weighted by Crippen LogP contribution is 2.28. The topological polar surface area (TPSA) is 79.6 Å². The molecule has 2 aromatic carbocycles. The maximum absolute atomic E-state index is 12.7. The first-order valence-electron chi connectivity index (χ1n) is 9.93. The summed E-state index contributed by atoms with van der Waals surface area (Å²) in [6, 6.07) is 14.4. The van der Waals surface area contributed by atoms with Crippen molar-refractivity contribution in [1.82, 2.24) is 9.88 Å². The van der Waals surface area contributed by atoms with Crippen LogP contribution >= 0.6 is 22.9 Å². The third-order valence-corrected chi connectivity index (χ3v) is 6.36. The number of nitro benzene ring substituents is 1. The van der Waals surface area contributed by atoms with Gasteiger partial charge in [-0.05, 0) is 23.8 Å². The zero-order chi connectivity index (χ0) is 21.8. The monoisotopic (exact) mass is 456 g/mol. The molecule has 1 aliphatic rings. The molecular formula is C22H21ClN4O3S. The molecule has 9 heteroatoms. The average molecular weight is 457 g/mol. The molecule has 2 heterocycles. The molecular weight excluding hydrogens is 436 g/mol. The Morgan fingerprint density at radius 1 is 1.13 bits per heavy atom. The molecule has 3 aromatic rings. The Morgan fingerprint density at radius 2 is 1.90 bits per heavy atom. The second kappa shape index (κ2) is 9.45. The van der Waals surface area contributed by atoms with Crippen LogP contribution in [0.2, 0.25) is 5.02 Å². The lowest BCUT2D eigenvalue weighted by Gasteiger charge is -2.35. The summed E-state index contributed by atoms with van der Waals surface area (Å²) in [5.74, 6) is 0.0295. The fraction of sp³-hybridized carbons (Fsp3) is 0.273. The minimum Gasteiger partial charge on any atom is -0.362 e. The molecule has 7 nitrogen and oxygen atoms in total. The number of aromatic nitrogens is 1. The number of piperazine rings is 1. The van der Waals surface area contributed by atoms with E-state index >= 15 is 0 Å². The molecule has 4 rings (SSSR count). The molecule has 0 radical (unpaired) electrons. The van der Waals surface area contributed by atoms with E-state index in [0.717, 1.165) is 16.3 Å². The molecule has 0 aliphatic carbocycles. The van der Waals surface area contributed by atoms with Crippen molar-refractivity contribution in [3.05, 3.63) is 85.3 Å². The summed E-state index contributed by atoms with van der Waals surface area (Å²) >= 11 is 7.58. The van der Waals surface area contributed by atoms with Crippen LogP contribution in [0, 0.1) is 10.1 Å². The fourth-order valence-corrected chi connectivity index (χ4v) is 4.72. The Balaban J connectivity index is 1.33. The van der Waals surface area contributed by atoms with Gasteiger partial charge >= 0.3 is 0 Å². The van der Waals surface area contributed by atoms with E-state index < -0.39 is 0 Å². The zero-order valence-corrected chi connectivity index (χ0v) is 18.3. The number of nitro groups is 1. The van der Waals surface area contributed by atoms with E-state index in [9.17, 15) is 14.9 Å². The van der Waals surface area contributed by atoms with E-state index in [2.05, 4.69) is 4.98 Å².